The third-order valence-electron chi connectivity index (χ3n) is 2.65. The molecule has 4 nitrogen and oxygen atoms in total. The smallest absolute Gasteiger partial charge is 0.120 e. The molecule has 0 aliphatic carbocycles. The molecule has 0 radical (unpaired) electrons. The van der Waals surface area contributed by atoms with Gasteiger partial charge in [0.15, 0.2) is 0 Å². The Bertz CT molecular complexity index is 525. The van der Waals surface area contributed by atoms with Crippen LogP contribution in [0.4, 0.5) is 0 Å². The maximum Gasteiger partial charge on any atom is 0.120 e. The Hall–Kier alpha value is -1.33. The minimum atomic E-state index is 0.526. The highest BCUT2D eigenvalue weighted by Crippen LogP contribution is 2.17. The van der Waals surface area contributed by atoms with Gasteiger partial charge in [0.05, 0.1) is 12.2 Å². The zero-order valence-electron chi connectivity index (χ0n) is 10.3. The van der Waals surface area contributed by atoms with E-state index in [0.29, 0.717) is 19.7 Å². The van der Waals surface area contributed by atoms with Crippen molar-refractivity contribution in [3.05, 3.63) is 46.2 Å². The average molecular weight is 310 g/mol. The van der Waals surface area contributed by atoms with E-state index in [1.807, 2.05) is 42.1 Å². The van der Waals surface area contributed by atoms with Crippen LogP contribution in [-0.4, -0.2) is 16.4 Å². The summed E-state index contributed by atoms with van der Waals surface area (Å²) >= 11 is 3.41. The van der Waals surface area contributed by atoms with E-state index < -0.39 is 0 Å². The fraction of sp³-hybridized carbons (Fsp3) is 0.308. The van der Waals surface area contributed by atoms with Gasteiger partial charge < -0.3 is 10.5 Å². The number of aryl methyl sites for hydroxylation is 1. The van der Waals surface area contributed by atoms with Crippen LogP contribution in [0.15, 0.2) is 34.9 Å². The van der Waals surface area contributed by atoms with Crippen LogP contribution < -0.4 is 10.5 Å². The van der Waals surface area contributed by atoms with Gasteiger partial charge in [-0.2, -0.15) is 5.10 Å². The number of hydrogen-bond acceptors (Lipinski definition) is 3. The fourth-order valence-corrected chi connectivity index (χ4v) is 2.07. The first-order valence-electron chi connectivity index (χ1n) is 5.80. The van der Waals surface area contributed by atoms with Crippen molar-refractivity contribution in [3.63, 3.8) is 0 Å². The molecule has 0 atom stereocenters. The molecule has 2 aromatic rings. The van der Waals surface area contributed by atoms with Gasteiger partial charge in [-0.05, 0) is 25.1 Å². The molecule has 2 rings (SSSR count). The second-order valence-electron chi connectivity index (χ2n) is 4.01. The minimum absolute atomic E-state index is 0.526. The SMILES string of the molecule is Cc1nn(CCOc2cccc(Br)c2)cc1CN. The monoisotopic (exact) mass is 309 g/mol. The molecule has 0 amide bonds. The summed E-state index contributed by atoms with van der Waals surface area (Å²) in [7, 11) is 0. The molecular formula is C13H16BrN3O. The van der Waals surface area contributed by atoms with Gasteiger partial charge in [0.25, 0.3) is 0 Å². The number of rotatable bonds is 5. The number of aromatic nitrogens is 2. The maximum absolute atomic E-state index is 5.65. The molecule has 0 aliphatic heterocycles. The van der Waals surface area contributed by atoms with Crippen molar-refractivity contribution in [2.24, 2.45) is 5.73 Å². The summed E-state index contributed by atoms with van der Waals surface area (Å²) in [5.74, 6) is 0.854. The Balaban J connectivity index is 1.88. The quantitative estimate of drug-likeness (QED) is 0.923. The fourth-order valence-electron chi connectivity index (χ4n) is 1.69. The van der Waals surface area contributed by atoms with Gasteiger partial charge in [-0.25, -0.2) is 0 Å². The van der Waals surface area contributed by atoms with Crippen LogP contribution in [0.25, 0.3) is 0 Å². The first kappa shape index (κ1) is 13.1. The second-order valence-corrected chi connectivity index (χ2v) is 4.93. The lowest BCUT2D eigenvalue weighted by atomic mass is 10.3. The highest BCUT2D eigenvalue weighted by molar-refractivity contribution is 9.10. The third kappa shape index (κ3) is 3.34. The maximum atomic E-state index is 5.65. The Labute approximate surface area is 115 Å². The van der Waals surface area contributed by atoms with Crippen LogP contribution in [0.5, 0.6) is 5.75 Å². The molecule has 1 heterocycles. The highest BCUT2D eigenvalue weighted by Gasteiger charge is 2.02. The zero-order chi connectivity index (χ0) is 13.0. The lowest BCUT2D eigenvalue weighted by Gasteiger charge is -2.06. The van der Waals surface area contributed by atoms with Crippen molar-refractivity contribution in [2.75, 3.05) is 6.61 Å². The van der Waals surface area contributed by atoms with Gasteiger partial charge >= 0.3 is 0 Å². The van der Waals surface area contributed by atoms with E-state index in [4.69, 9.17) is 10.5 Å². The first-order valence-corrected chi connectivity index (χ1v) is 6.59. The van der Waals surface area contributed by atoms with E-state index in [9.17, 15) is 0 Å². The molecule has 1 aromatic carbocycles. The summed E-state index contributed by atoms with van der Waals surface area (Å²) < 4.78 is 8.54. The van der Waals surface area contributed by atoms with Gasteiger partial charge in [-0.1, -0.05) is 22.0 Å². The standard InChI is InChI=1S/C13H16BrN3O/c1-10-11(8-15)9-17(16-10)5-6-18-13-4-2-3-12(14)7-13/h2-4,7,9H,5-6,8,15H2,1H3. The van der Waals surface area contributed by atoms with Gasteiger partial charge in [-0.3, -0.25) is 4.68 Å². The van der Waals surface area contributed by atoms with E-state index in [2.05, 4.69) is 21.0 Å². The van der Waals surface area contributed by atoms with Crippen LogP contribution in [0.2, 0.25) is 0 Å². The predicted octanol–water partition coefficient (Wildman–Crippen LogP) is 2.49. The largest absolute Gasteiger partial charge is 0.492 e. The van der Waals surface area contributed by atoms with E-state index in [-0.39, 0.29) is 0 Å². The average Bonchev–Trinajstić information content (AvgIpc) is 2.70. The summed E-state index contributed by atoms with van der Waals surface area (Å²) in [6.45, 7) is 3.79. The number of benzene rings is 1. The van der Waals surface area contributed by atoms with E-state index >= 15 is 0 Å². The summed E-state index contributed by atoms with van der Waals surface area (Å²) in [6.07, 6.45) is 1.97. The highest BCUT2D eigenvalue weighted by atomic mass is 79.9. The predicted molar refractivity (Wildman–Crippen MR) is 74.5 cm³/mol. The van der Waals surface area contributed by atoms with Crippen LogP contribution in [0, 0.1) is 6.92 Å². The van der Waals surface area contributed by atoms with Crippen LogP contribution in [0.1, 0.15) is 11.3 Å². The Morgan fingerprint density at radius 1 is 1.44 bits per heavy atom. The summed E-state index contributed by atoms with van der Waals surface area (Å²) in [5, 5.41) is 4.38. The topological polar surface area (TPSA) is 53.1 Å². The zero-order valence-corrected chi connectivity index (χ0v) is 11.9. The van der Waals surface area contributed by atoms with E-state index in [1.165, 1.54) is 0 Å². The molecule has 0 bridgehead atoms. The van der Waals surface area contributed by atoms with Crippen LogP contribution >= 0.6 is 15.9 Å². The van der Waals surface area contributed by atoms with Crippen molar-refractivity contribution in [3.8, 4) is 5.75 Å². The number of hydrogen-bond donors (Lipinski definition) is 1. The molecule has 5 heteroatoms. The molecular weight excluding hydrogens is 294 g/mol. The Morgan fingerprint density at radius 3 is 2.94 bits per heavy atom. The second kappa shape index (κ2) is 6.02. The molecule has 0 saturated carbocycles. The molecule has 2 N–H and O–H groups in total. The molecule has 0 fully saturated rings. The van der Waals surface area contributed by atoms with Crippen molar-refractivity contribution in [2.45, 2.75) is 20.0 Å². The molecule has 18 heavy (non-hydrogen) atoms. The Morgan fingerprint density at radius 2 is 2.28 bits per heavy atom. The van der Waals surface area contributed by atoms with E-state index in [1.54, 1.807) is 0 Å². The first-order chi connectivity index (χ1) is 8.69. The van der Waals surface area contributed by atoms with E-state index in [0.717, 1.165) is 21.5 Å². The summed E-state index contributed by atoms with van der Waals surface area (Å²) in [5.41, 5.74) is 7.68. The molecule has 0 unspecified atom stereocenters. The van der Waals surface area contributed by atoms with Crippen LogP contribution in [-0.2, 0) is 13.1 Å². The van der Waals surface area contributed by atoms with Crippen molar-refractivity contribution >= 4 is 15.9 Å². The molecule has 1 aromatic heterocycles. The molecule has 0 spiro atoms. The lowest BCUT2D eigenvalue weighted by Crippen LogP contribution is -2.08. The van der Waals surface area contributed by atoms with Crippen LogP contribution in [0.3, 0.4) is 0 Å². The van der Waals surface area contributed by atoms with Gasteiger partial charge in [-0.15, -0.1) is 0 Å². The number of ether oxygens (including phenoxy) is 1. The summed E-state index contributed by atoms with van der Waals surface area (Å²) in [6, 6.07) is 7.80. The number of halogens is 1. The Kier molecular flexibility index (Phi) is 4.38. The van der Waals surface area contributed by atoms with Gasteiger partial charge in [0.1, 0.15) is 12.4 Å². The number of nitrogens with zero attached hydrogens (tertiary/aromatic N) is 2. The molecule has 96 valence electrons. The lowest BCUT2D eigenvalue weighted by molar-refractivity contribution is 0.291. The van der Waals surface area contributed by atoms with Crippen molar-refractivity contribution in [1.29, 1.82) is 0 Å². The summed E-state index contributed by atoms with van der Waals surface area (Å²) in [4.78, 5) is 0. The minimum Gasteiger partial charge on any atom is -0.492 e. The normalized spacial score (nSPS) is 10.6. The molecule has 0 saturated heterocycles. The van der Waals surface area contributed by atoms with Gasteiger partial charge in [0, 0.05) is 22.8 Å². The van der Waals surface area contributed by atoms with Crippen molar-refractivity contribution in [1.82, 2.24) is 9.78 Å². The van der Waals surface area contributed by atoms with Crippen molar-refractivity contribution < 1.29 is 4.74 Å². The molecule has 0 aliphatic rings. The third-order valence-corrected chi connectivity index (χ3v) is 3.15. The number of nitrogens with two attached hydrogens (primary N) is 1. The van der Waals surface area contributed by atoms with Gasteiger partial charge in [0.2, 0.25) is 0 Å².